The summed E-state index contributed by atoms with van der Waals surface area (Å²) in [7, 11) is 15.1. The van der Waals surface area contributed by atoms with Crippen LogP contribution in [-0.2, 0) is 101 Å². The summed E-state index contributed by atoms with van der Waals surface area (Å²) >= 11 is 15.1. The standard InChI is InChI=1S/C14H16N2O.C13H15NOS.C11H13Cl2NO.C11H10F5NO.C11H12F3NO.2C11H13F2NO.C11H14FNO.C9H13NOS/c1-10(17)14(15-2)9-12-8-7-11-5-3-4-6-13(11)16-12;1-9(15)12(14-2)7-10-8-16-13-6-4-3-5-11(10)13;1-7(15)11(14-2)6-8-3-4-9(12)10(13)5-8;1-4(18)6(17-2)3-5-7(12)9(14)11(16)10(15)8(5)13;1-6(16)10(15-2)5-7-3-8(12)11(14)9(13)4-7;1-7(15)11(14-2)5-8-3-9(12)6-10(13)4-8;1-7(15)11(14-2)6-8-3-4-9(12)10(13)5-8;1-8(14)11(13-2)7-9-5-3-4-6-10(9)12;1-7(11)9(10-2)5-8-3-4-12-6-8/h3-8,14-15H,9H2,1-2H3;3-6,8,12,14H,7H2,1-2H3;3-5,11,14H,6H2,1-2H3;6,17H,3H2,1-2H3;3-4,10,15H,5H2,1-2H3;3-4,6,11,14H,5H2,1-2H3;3-5,11,14H,6H2,1-2H3;3-6,11,13H,7H2,1-2H3;3-4,6,9-10H,5H2,1-2H3/t14-;12-;11-;6-;10-;3*11-;9-/m000000000/s1. The Balaban J connectivity index is 0.000000400. The van der Waals surface area contributed by atoms with Crippen molar-refractivity contribution < 1.29 is 100 Å². The molecule has 11 rings (SSSR count). The number of hydrogen-bond acceptors (Lipinski definition) is 21. The lowest BCUT2D eigenvalue weighted by molar-refractivity contribution is -0.119. The average Bonchev–Trinajstić information content (AvgIpc) is 1.02. The molecule has 748 valence electrons. The highest BCUT2D eigenvalue weighted by molar-refractivity contribution is 7.17. The molecule has 138 heavy (non-hydrogen) atoms. The van der Waals surface area contributed by atoms with E-state index in [0.717, 1.165) is 72.3 Å². The van der Waals surface area contributed by atoms with Crippen LogP contribution in [0.15, 0.2) is 174 Å². The van der Waals surface area contributed by atoms with Gasteiger partial charge >= 0.3 is 0 Å². The Morgan fingerprint density at radius 2 is 0.667 bits per heavy atom. The molecule has 0 unspecified atom stereocenters. The van der Waals surface area contributed by atoms with Gasteiger partial charge in [-0.2, -0.15) is 11.3 Å². The van der Waals surface area contributed by atoms with Crippen molar-refractivity contribution in [2.24, 2.45) is 0 Å². The van der Waals surface area contributed by atoms with Gasteiger partial charge in [-0.05, 0) is 310 Å². The lowest BCUT2D eigenvalue weighted by Gasteiger charge is -2.14. The fourth-order valence-corrected chi connectivity index (χ4v) is 15.2. The second kappa shape index (κ2) is 63.0. The highest BCUT2D eigenvalue weighted by atomic mass is 35.5. The summed E-state index contributed by atoms with van der Waals surface area (Å²) in [5, 5.41) is 35.4. The van der Waals surface area contributed by atoms with E-state index in [1.54, 1.807) is 123 Å². The van der Waals surface area contributed by atoms with Crippen LogP contribution < -0.4 is 47.9 Å². The number of carbonyl (C=O) groups excluding carboxylic acids is 9. The van der Waals surface area contributed by atoms with Gasteiger partial charge in [-0.3, -0.25) is 48.1 Å². The quantitative estimate of drug-likeness (QED) is 0.0100. The normalized spacial score (nSPS) is 12.6. The third-order valence-electron chi connectivity index (χ3n) is 21.4. The summed E-state index contributed by atoms with van der Waals surface area (Å²) in [5.41, 5.74) is 6.30. The van der Waals surface area contributed by atoms with Crippen molar-refractivity contribution >= 4 is 119 Å². The molecule has 0 bridgehead atoms. The Bertz CT molecular complexity index is 5670. The maximum Gasteiger partial charge on any atom is 0.200 e. The van der Waals surface area contributed by atoms with E-state index in [9.17, 15) is 100 Å². The molecule has 9 N–H and O–H groups in total. The van der Waals surface area contributed by atoms with Crippen LogP contribution >= 0.6 is 45.9 Å². The molecule has 0 aliphatic rings. The maximum atomic E-state index is 13.3. The van der Waals surface area contributed by atoms with Gasteiger partial charge in [0.1, 0.15) is 69.5 Å². The number of thiophene rings is 2. The van der Waals surface area contributed by atoms with Gasteiger partial charge in [-0.15, -0.1) is 11.3 Å². The Hall–Kier alpha value is -10.8. The van der Waals surface area contributed by atoms with Crippen LogP contribution in [0, 0.1) is 75.6 Å². The van der Waals surface area contributed by atoms with Gasteiger partial charge in [-0.25, -0.2) is 57.1 Å². The number of benzene rings is 8. The smallest absolute Gasteiger partial charge is 0.200 e. The molecule has 0 amide bonds. The van der Waals surface area contributed by atoms with Crippen molar-refractivity contribution in [2.45, 2.75) is 174 Å². The second-order valence-electron chi connectivity index (χ2n) is 31.6. The first kappa shape index (κ1) is 121. The lowest BCUT2D eigenvalue weighted by Crippen LogP contribution is -2.35. The number of nitrogens with one attached hydrogen (secondary N) is 9. The van der Waals surface area contributed by atoms with Crippen molar-refractivity contribution in [3.05, 3.63) is 310 Å². The van der Waals surface area contributed by atoms with E-state index in [-0.39, 0.29) is 100 Å². The van der Waals surface area contributed by atoms with Crippen LogP contribution in [0.3, 0.4) is 0 Å². The summed E-state index contributed by atoms with van der Waals surface area (Å²) in [5.74, 6) is -17.3. The minimum absolute atomic E-state index is 0.0238. The number of carbonyl (C=O) groups is 9. The molecule has 0 radical (unpaired) electrons. The Morgan fingerprint density at radius 3 is 1.10 bits per heavy atom. The lowest BCUT2D eigenvalue weighted by atomic mass is 10.0. The average molecular weight is 2010 g/mol. The fraction of sp³-hybridized carbons (Fsp3) is 0.353. The van der Waals surface area contributed by atoms with Crippen LogP contribution in [0.4, 0.5) is 57.1 Å². The minimum Gasteiger partial charge on any atom is -0.310 e. The number of aromatic nitrogens is 1. The number of ketones is 9. The number of para-hydroxylation sites is 1. The van der Waals surface area contributed by atoms with E-state index < -0.39 is 106 Å². The van der Waals surface area contributed by atoms with Gasteiger partial charge in [-0.1, -0.05) is 96.0 Å². The van der Waals surface area contributed by atoms with Gasteiger partial charge in [0, 0.05) is 40.3 Å². The summed E-state index contributed by atoms with van der Waals surface area (Å²) in [4.78, 5) is 105. The van der Waals surface area contributed by atoms with E-state index in [0.29, 0.717) is 58.8 Å². The summed E-state index contributed by atoms with van der Waals surface area (Å²) < 4.78 is 169. The monoisotopic (exact) mass is 2010 g/mol. The predicted molar refractivity (Wildman–Crippen MR) is 521 cm³/mol. The van der Waals surface area contributed by atoms with Crippen molar-refractivity contribution in [2.75, 3.05) is 63.4 Å². The van der Waals surface area contributed by atoms with E-state index in [1.807, 2.05) is 74.1 Å². The van der Waals surface area contributed by atoms with Crippen molar-refractivity contribution in [1.29, 1.82) is 0 Å². The van der Waals surface area contributed by atoms with Gasteiger partial charge in [0.05, 0.1) is 69.9 Å². The molecule has 0 aliphatic carbocycles. The number of Topliss-reactive ketones (excluding diaryl/α,β-unsaturated/α-hetero) is 9. The zero-order valence-electron chi connectivity index (χ0n) is 79.9. The van der Waals surface area contributed by atoms with Crippen LogP contribution in [0.5, 0.6) is 0 Å². The van der Waals surface area contributed by atoms with Crippen LogP contribution in [0.25, 0.3) is 21.0 Å². The Morgan fingerprint density at radius 1 is 0.297 bits per heavy atom. The SMILES string of the molecule is CN[C@@H](Cc1c(F)c(F)c(F)c(F)c1F)C(C)=O.CN[C@@H](Cc1cc(F)c(F)c(F)c1)C(C)=O.CN[C@@H](Cc1cc(F)cc(F)c1)C(C)=O.CN[C@@H](Cc1ccc(Cl)c(Cl)c1)C(C)=O.CN[C@@H](Cc1ccc(F)c(F)c1)C(C)=O.CN[C@@H](Cc1ccc2ccccc2n1)C(C)=O.CN[C@@H](Cc1ccccc1F)C(C)=O.CN[C@@H](Cc1ccsc1)C(C)=O.CN[C@@H](Cc1csc2ccccc12)C(C)=O. The number of fused-ring (bicyclic) bond motifs is 2. The fourth-order valence-electron chi connectivity index (χ4n) is 13.2. The minimum atomic E-state index is -2.21. The maximum absolute atomic E-state index is 13.3. The van der Waals surface area contributed by atoms with Gasteiger partial charge < -0.3 is 47.9 Å². The molecule has 19 nitrogen and oxygen atoms in total. The highest BCUT2D eigenvalue weighted by Gasteiger charge is 2.29. The first-order chi connectivity index (χ1) is 65.2. The molecule has 11 aromatic rings. The molecule has 0 fully saturated rings. The molecule has 0 aliphatic heterocycles. The van der Waals surface area contributed by atoms with Crippen molar-refractivity contribution in [1.82, 2.24) is 52.8 Å². The predicted octanol–water partition coefficient (Wildman–Crippen LogP) is 17.6. The molecular formula is C102H119Cl2F13N10O9S2. The Labute approximate surface area is 814 Å². The highest BCUT2D eigenvalue weighted by Crippen LogP contribution is 2.29. The molecule has 0 saturated carbocycles. The van der Waals surface area contributed by atoms with Crippen molar-refractivity contribution in [3.8, 4) is 0 Å². The number of nitrogens with zero attached hydrogens (tertiary/aromatic N) is 1. The van der Waals surface area contributed by atoms with Crippen LogP contribution in [-0.4, -0.2) is 175 Å². The summed E-state index contributed by atoms with van der Waals surface area (Å²) in [6, 6.07) is 40.0. The number of likely N-dealkylation sites (N-methyl/N-ethyl adjacent to an activating group) is 9. The first-order valence-corrected chi connectivity index (χ1v) is 45.9. The third kappa shape index (κ3) is 41.7. The first-order valence-electron chi connectivity index (χ1n) is 43.3. The summed E-state index contributed by atoms with van der Waals surface area (Å²) in [6.07, 6.45) is 3.41. The van der Waals surface area contributed by atoms with Crippen molar-refractivity contribution in [3.63, 3.8) is 0 Å². The molecule has 0 spiro atoms. The number of halogens is 15. The van der Waals surface area contributed by atoms with Crippen LogP contribution in [0.2, 0.25) is 10.0 Å². The van der Waals surface area contributed by atoms with Gasteiger partial charge in [0.25, 0.3) is 0 Å². The van der Waals surface area contributed by atoms with Crippen LogP contribution in [0.1, 0.15) is 113 Å². The zero-order valence-corrected chi connectivity index (χ0v) is 83.1. The molecule has 8 aromatic carbocycles. The zero-order chi connectivity index (χ0) is 104. The largest absolute Gasteiger partial charge is 0.310 e. The third-order valence-corrected chi connectivity index (χ3v) is 23.9. The molecule has 9 atom stereocenters. The van der Waals surface area contributed by atoms with Gasteiger partial charge in [0.15, 0.2) is 52.4 Å². The van der Waals surface area contributed by atoms with E-state index in [2.05, 4.69) is 81.8 Å². The van der Waals surface area contributed by atoms with E-state index in [1.165, 1.54) is 80.2 Å². The second-order valence-corrected chi connectivity index (χ2v) is 34.1. The topological polar surface area (TPSA) is 275 Å². The Kier molecular flexibility index (Phi) is 55.4. The molecular weight excluding hydrogens is 1890 g/mol. The van der Waals surface area contributed by atoms with E-state index in [4.69, 9.17) is 23.2 Å². The molecule has 0 saturated heterocycles. The number of hydrogen-bond donors (Lipinski definition) is 9. The molecule has 3 aromatic heterocycles. The molecule has 36 heteroatoms. The summed E-state index contributed by atoms with van der Waals surface area (Å²) in [6.45, 7) is 13.3. The van der Waals surface area contributed by atoms with E-state index >= 15 is 0 Å². The molecule has 3 heterocycles. The number of rotatable bonds is 36. The van der Waals surface area contributed by atoms with Gasteiger partial charge in [0.2, 0.25) is 5.82 Å². The number of pyridine rings is 1.